The topological polar surface area (TPSA) is 96.9 Å². The van der Waals surface area contributed by atoms with Gasteiger partial charge in [-0.3, -0.25) is 4.72 Å². The first-order valence-electron chi connectivity index (χ1n) is 11.6. The first-order valence-corrected chi connectivity index (χ1v) is 13.9. The molecule has 0 fully saturated rings. The summed E-state index contributed by atoms with van der Waals surface area (Å²) < 4.78 is 71.8. The average molecular weight is 562 g/mol. The van der Waals surface area contributed by atoms with E-state index in [-0.39, 0.29) is 22.7 Å². The van der Waals surface area contributed by atoms with E-state index in [4.69, 9.17) is 4.98 Å². The van der Waals surface area contributed by atoms with Crippen LogP contribution in [0.5, 0.6) is 0 Å². The maximum Gasteiger partial charge on any atom is 0.267 e. The molecule has 0 aliphatic heterocycles. The molecule has 0 unspecified atom stereocenters. The van der Waals surface area contributed by atoms with Crippen LogP contribution in [0, 0.1) is 17.5 Å². The summed E-state index contributed by atoms with van der Waals surface area (Å²) in [5, 5.41) is 3.84. The number of hydrogen-bond acceptors (Lipinski definition) is 7. The predicted octanol–water partition coefficient (Wildman–Crippen LogP) is 6.60. The van der Waals surface area contributed by atoms with Crippen molar-refractivity contribution in [3.63, 3.8) is 0 Å². The van der Waals surface area contributed by atoms with Gasteiger partial charge in [0, 0.05) is 23.2 Å². The van der Waals surface area contributed by atoms with Gasteiger partial charge in [-0.2, -0.15) is 0 Å². The molecule has 0 saturated carbocycles. The first kappa shape index (κ1) is 27.5. The van der Waals surface area contributed by atoms with E-state index in [1.54, 1.807) is 12.3 Å². The summed E-state index contributed by atoms with van der Waals surface area (Å²) in [6.45, 7) is 9.79. The summed E-state index contributed by atoms with van der Waals surface area (Å²) >= 11 is 1.34. The van der Waals surface area contributed by atoms with Gasteiger partial charge in [0.2, 0.25) is 5.95 Å². The lowest BCUT2D eigenvalue weighted by atomic mass is 9.98. The molecule has 2 heterocycles. The van der Waals surface area contributed by atoms with Gasteiger partial charge in [-0.25, -0.2) is 36.5 Å². The lowest BCUT2D eigenvalue weighted by Crippen LogP contribution is -2.17. The molecule has 0 aliphatic rings. The SMILES string of the molecule is CC(C)Nc1nccc(-c2sc(C(C)(C)C)nc2-c2cccc(NS(=O)(=O)c3c(F)cccc3F)c2F)n1. The van der Waals surface area contributed by atoms with Crippen LogP contribution in [-0.2, 0) is 15.4 Å². The first-order chi connectivity index (χ1) is 17.8. The molecule has 0 radical (unpaired) electrons. The number of anilines is 2. The second-order valence-electron chi connectivity index (χ2n) is 9.83. The number of benzene rings is 2. The monoisotopic (exact) mass is 561 g/mol. The molecule has 2 N–H and O–H groups in total. The van der Waals surface area contributed by atoms with Crippen LogP contribution in [0.4, 0.5) is 24.8 Å². The Kier molecular flexibility index (Phi) is 7.48. The zero-order valence-electron chi connectivity index (χ0n) is 21.3. The van der Waals surface area contributed by atoms with E-state index < -0.39 is 38.1 Å². The molecule has 0 saturated heterocycles. The fraction of sp³-hybridized carbons (Fsp3) is 0.269. The minimum atomic E-state index is -4.78. The molecule has 0 spiro atoms. The number of nitrogens with one attached hydrogen (secondary N) is 2. The third-order valence-corrected chi connectivity index (χ3v) is 8.18. The number of hydrogen-bond donors (Lipinski definition) is 2. The van der Waals surface area contributed by atoms with E-state index in [2.05, 4.69) is 15.3 Å². The highest BCUT2D eigenvalue weighted by Gasteiger charge is 2.28. The molecule has 2 aromatic heterocycles. The van der Waals surface area contributed by atoms with Crippen LogP contribution in [-0.4, -0.2) is 29.4 Å². The van der Waals surface area contributed by atoms with Crippen LogP contribution in [0.25, 0.3) is 21.8 Å². The Morgan fingerprint density at radius 3 is 2.24 bits per heavy atom. The third kappa shape index (κ3) is 5.65. The Morgan fingerprint density at radius 1 is 0.947 bits per heavy atom. The Bertz CT molecular complexity index is 1580. The predicted molar refractivity (Wildman–Crippen MR) is 143 cm³/mol. The number of halogens is 3. The zero-order valence-corrected chi connectivity index (χ0v) is 22.9. The molecular formula is C26H26F3N5O2S2. The molecule has 2 aromatic carbocycles. The van der Waals surface area contributed by atoms with Gasteiger partial charge < -0.3 is 5.32 Å². The third-order valence-electron chi connectivity index (χ3n) is 5.26. The minimum Gasteiger partial charge on any atom is -0.352 e. The van der Waals surface area contributed by atoms with Crippen molar-refractivity contribution in [1.29, 1.82) is 0 Å². The molecule has 200 valence electrons. The molecule has 38 heavy (non-hydrogen) atoms. The second kappa shape index (κ2) is 10.3. The molecule has 4 rings (SSSR count). The molecule has 4 aromatic rings. The van der Waals surface area contributed by atoms with Crippen molar-refractivity contribution in [2.24, 2.45) is 0 Å². The highest BCUT2D eigenvalue weighted by molar-refractivity contribution is 7.92. The van der Waals surface area contributed by atoms with Crippen molar-refractivity contribution in [2.45, 2.75) is 51.0 Å². The lowest BCUT2D eigenvalue weighted by molar-refractivity contribution is 0.521. The number of nitrogens with zero attached hydrogens (tertiary/aromatic N) is 3. The Labute approximate surface area is 223 Å². The van der Waals surface area contributed by atoms with Crippen molar-refractivity contribution in [3.05, 3.63) is 71.1 Å². The van der Waals surface area contributed by atoms with Gasteiger partial charge in [-0.15, -0.1) is 11.3 Å². The summed E-state index contributed by atoms with van der Waals surface area (Å²) in [5.74, 6) is -3.14. The molecular weight excluding hydrogens is 535 g/mol. The van der Waals surface area contributed by atoms with Crippen molar-refractivity contribution in [2.75, 3.05) is 10.0 Å². The highest BCUT2D eigenvalue weighted by Crippen LogP contribution is 2.42. The van der Waals surface area contributed by atoms with Gasteiger partial charge >= 0.3 is 0 Å². The van der Waals surface area contributed by atoms with Crippen LogP contribution < -0.4 is 10.0 Å². The van der Waals surface area contributed by atoms with E-state index in [9.17, 15) is 17.2 Å². The molecule has 12 heteroatoms. The van der Waals surface area contributed by atoms with Crippen LogP contribution in [0.3, 0.4) is 0 Å². The summed E-state index contributed by atoms with van der Waals surface area (Å²) in [6, 6.07) is 8.47. The van der Waals surface area contributed by atoms with Gasteiger partial charge in [-0.1, -0.05) is 32.9 Å². The lowest BCUT2D eigenvalue weighted by Gasteiger charge is -2.14. The largest absolute Gasteiger partial charge is 0.352 e. The summed E-state index contributed by atoms with van der Waals surface area (Å²) in [6.07, 6.45) is 1.58. The maximum absolute atomic E-state index is 15.9. The minimum absolute atomic E-state index is 0.00191. The quantitative estimate of drug-likeness (QED) is 0.264. The van der Waals surface area contributed by atoms with Gasteiger partial charge in [0.1, 0.15) is 11.6 Å². The summed E-state index contributed by atoms with van der Waals surface area (Å²) in [7, 11) is -4.78. The maximum atomic E-state index is 15.9. The van der Waals surface area contributed by atoms with Crippen molar-refractivity contribution in [3.8, 4) is 21.8 Å². The molecule has 7 nitrogen and oxygen atoms in total. The normalized spacial score (nSPS) is 12.1. The summed E-state index contributed by atoms with van der Waals surface area (Å²) in [4.78, 5) is 12.9. The zero-order chi connectivity index (χ0) is 27.8. The van der Waals surface area contributed by atoms with E-state index in [0.29, 0.717) is 21.5 Å². The van der Waals surface area contributed by atoms with E-state index >= 15 is 4.39 Å². The second-order valence-corrected chi connectivity index (χ2v) is 12.5. The summed E-state index contributed by atoms with van der Waals surface area (Å²) in [5.41, 5.74) is -0.0965. The van der Waals surface area contributed by atoms with E-state index in [0.717, 1.165) is 18.2 Å². The van der Waals surface area contributed by atoms with Crippen LogP contribution in [0.15, 0.2) is 53.6 Å². The van der Waals surface area contributed by atoms with Gasteiger partial charge in [-0.05, 0) is 44.2 Å². The van der Waals surface area contributed by atoms with Gasteiger partial charge in [0.25, 0.3) is 10.0 Å². The Morgan fingerprint density at radius 2 is 1.61 bits per heavy atom. The highest BCUT2D eigenvalue weighted by atomic mass is 32.2. The van der Waals surface area contributed by atoms with Crippen molar-refractivity contribution >= 4 is 33.0 Å². The molecule has 0 atom stereocenters. The number of thiazole rings is 1. The van der Waals surface area contributed by atoms with E-state index in [1.807, 2.05) is 39.3 Å². The standard InChI is InChI=1S/C26H26F3N5O2S2/c1-14(2)31-25-30-13-12-19(32-25)22-21(33-24(37-22)26(3,4)5)15-8-6-11-18(20(15)29)34-38(35,36)23-16(27)9-7-10-17(23)28/h6-14,34H,1-5H3,(H,30,31,32). The molecule has 0 bridgehead atoms. The number of aromatic nitrogens is 3. The average Bonchev–Trinajstić information content (AvgIpc) is 3.26. The Balaban J connectivity index is 1.84. The Hall–Kier alpha value is -3.51. The number of sulfonamides is 1. The van der Waals surface area contributed by atoms with E-state index in [1.165, 1.54) is 29.5 Å². The van der Waals surface area contributed by atoms with Crippen molar-refractivity contribution < 1.29 is 21.6 Å². The van der Waals surface area contributed by atoms with Gasteiger partial charge in [0.05, 0.1) is 27.0 Å². The smallest absolute Gasteiger partial charge is 0.267 e. The number of rotatable bonds is 7. The van der Waals surface area contributed by atoms with Crippen LogP contribution in [0.1, 0.15) is 39.6 Å². The van der Waals surface area contributed by atoms with Gasteiger partial charge in [0.15, 0.2) is 10.7 Å². The molecule has 0 aliphatic carbocycles. The molecule has 0 amide bonds. The fourth-order valence-electron chi connectivity index (χ4n) is 3.54. The fourth-order valence-corrected chi connectivity index (χ4v) is 5.84. The van der Waals surface area contributed by atoms with Crippen LogP contribution in [0.2, 0.25) is 0 Å². The van der Waals surface area contributed by atoms with Crippen LogP contribution >= 0.6 is 11.3 Å². The van der Waals surface area contributed by atoms with Crippen molar-refractivity contribution in [1.82, 2.24) is 15.0 Å².